The molecule has 0 fully saturated rings. The molecule has 0 aliphatic rings. The van der Waals surface area contributed by atoms with Crippen LogP contribution >= 0.6 is 0 Å². The predicted molar refractivity (Wildman–Crippen MR) is 59.7 cm³/mol. The summed E-state index contributed by atoms with van der Waals surface area (Å²) in [6, 6.07) is 2.10. The Labute approximate surface area is 85.3 Å². The van der Waals surface area contributed by atoms with E-state index in [1.54, 1.807) is 0 Å². The molecule has 1 N–H and O–H groups in total. The zero-order valence-corrected chi connectivity index (χ0v) is 9.49. The molecule has 0 aliphatic heterocycles. The van der Waals surface area contributed by atoms with Gasteiger partial charge < -0.3 is 5.32 Å². The van der Waals surface area contributed by atoms with Gasteiger partial charge in [-0.05, 0) is 49.9 Å². The zero-order chi connectivity index (χ0) is 10.9. The summed E-state index contributed by atoms with van der Waals surface area (Å²) < 4.78 is 0. The molecule has 0 radical (unpaired) electrons. The maximum atomic E-state index is 11.0. The Morgan fingerprint density at radius 1 is 1.07 bits per heavy atom. The van der Waals surface area contributed by atoms with Crippen molar-refractivity contribution >= 4 is 11.6 Å². The van der Waals surface area contributed by atoms with Crippen molar-refractivity contribution in [1.29, 1.82) is 0 Å². The van der Waals surface area contributed by atoms with Crippen molar-refractivity contribution in [3.63, 3.8) is 0 Å². The van der Waals surface area contributed by atoms with Crippen LogP contribution in [-0.2, 0) is 4.79 Å². The average molecular weight is 191 g/mol. The van der Waals surface area contributed by atoms with Crippen molar-refractivity contribution in [3.8, 4) is 0 Å². The largest absolute Gasteiger partial charge is 0.326 e. The van der Waals surface area contributed by atoms with Gasteiger partial charge in [0.25, 0.3) is 0 Å². The highest BCUT2D eigenvalue weighted by atomic mass is 16.1. The van der Waals surface area contributed by atoms with Crippen molar-refractivity contribution in [3.05, 3.63) is 28.3 Å². The monoisotopic (exact) mass is 191 g/mol. The van der Waals surface area contributed by atoms with Gasteiger partial charge in [0, 0.05) is 12.6 Å². The van der Waals surface area contributed by atoms with Crippen LogP contribution in [0.2, 0.25) is 0 Å². The van der Waals surface area contributed by atoms with Crippen LogP contribution in [0.1, 0.15) is 29.2 Å². The normalized spacial score (nSPS) is 10.1. The van der Waals surface area contributed by atoms with Crippen LogP contribution in [0.4, 0.5) is 5.69 Å². The van der Waals surface area contributed by atoms with Crippen molar-refractivity contribution in [2.24, 2.45) is 0 Å². The molecule has 2 nitrogen and oxygen atoms in total. The van der Waals surface area contributed by atoms with Crippen LogP contribution in [0.3, 0.4) is 0 Å². The number of benzene rings is 1. The third kappa shape index (κ3) is 1.95. The minimum Gasteiger partial charge on any atom is -0.326 e. The van der Waals surface area contributed by atoms with Gasteiger partial charge in [-0.15, -0.1) is 0 Å². The van der Waals surface area contributed by atoms with Crippen LogP contribution in [-0.4, -0.2) is 5.91 Å². The fourth-order valence-corrected chi connectivity index (χ4v) is 1.65. The number of anilines is 1. The van der Waals surface area contributed by atoms with Gasteiger partial charge >= 0.3 is 0 Å². The van der Waals surface area contributed by atoms with Gasteiger partial charge in [-0.2, -0.15) is 0 Å². The molecule has 14 heavy (non-hydrogen) atoms. The predicted octanol–water partition coefficient (Wildman–Crippen LogP) is 2.88. The van der Waals surface area contributed by atoms with Crippen LogP contribution < -0.4 is 5.32 Å². The summed E-state index contributed by atoms with van der Waals surface area (Å²) in [7, 11) is 0. The number of amides is 1. The minimum absolute atomic E-state index is 0.0144. The molecule has 76 valence electrons. The Hall–Kier alpha value is -1.31. The summed E-state index contributed by atoms with van der Waals surface area (Å²) in [5.41, 5.74) is 5.77. The molecule has 0 aromatic heterocycles. The molecule has 2 heteroatoms. The SMILES string of the molecule is CC(=O)Nc1c(C)cc(C)c(C)c1C. The molecule has 0 aliphatic carbocycles. The summed E-state index contributed by atoms with van der Waals surface area (Å²) in [6.45, 7) is 9.77. The number of hydrogen-bond acceptors (Lipinski definition) is 1. The quantitative estimate of drug-likeness (QED) is 0.726. The van der Waals surface area contributed by atoms with Crippen molar-refractivity contribution in [2.45, 2.75) is 34.6 Å². The molecule has 1 aromatic carbocycles. The highest BCUT2D eigenvalue weighted by Crippen LogP contribution is 2.25. The van der Waals surface area contributed by atoms with E-state index < -0.39 is 0 Å². The topological polar surface area (TPSA) is 29.1 Å². The van der Waals surface area contributed by atoms with E-state index in [9.17, 15) is 4.79 Å². The lowest BCUT2D eigenvalue weighted by Crippen LogP contribution is -2.09. The number of nitrogens with one attached hydrogen (secondary N) is 1. The first-order valence-electron chi connectivity index (χ1n) is 4.78. The van der Waals surface area contributed by atoms with Gasteiger partial charge in [0.05, 0.1) is 0 Å². The van der Waals surface area contributed by atoms with E-state index in [-0.39, 0.29) is 5.91 Å². The standard InChI is InChI=1S/C12H17NO/c1-7-6-8(2)12(13-11(5)14)10(4)9(7)3/h6H,1-5H3,(H,13,14). The minimum atomic E-state index is -0.0144. The first kappa shape index (κ1) is 10.8. The van der Waals surface area contributed by atoms with Crippen molar-refractivity contribution in [2.75, 3.05) is 5.32 Å². The van der Waals surface area contributed by atoms with Gasteiger partial charge in [-0.25, -0.2) is 0 Å². The van der Waals surface area contributed by atoms with Gasteiger partial charge in [-0.3, -0.25) is 4.79 Å². The highest BCUT2D eigenvalue weighted by molar-refractivity contribution is 5.90. The lowest BCUT2D eigenvalue weighted by atomic mass is 9.98. The molecular weight excluding hydrogens is 174 g/mol. The third-order valence-electron chi connectivity index (χ3n) is 2.66. The van der Waals surface area contributed by atoms with Gasteiger partial charge in [-0.1, -0.05) is 6.07 Å². The molecule has 0 spiro atoms. The highest BCUT2D eigenvalue weighted by Gasteiger charge is 2.08. The lowest BCUT2D eigenvalue weighted by Gasteiger charge is -2.14. The maximum Gasteiger partial charge on any atom is 0.221 e. The first-order valence-corrected chi connectivity index (χ1v) is 4.78. The van der Waals surface area contributed by atoms with Gasteiger partial charge in [0.1, 0.15) is 0 Å². The summed E-state index contributed by atoms with van der Waals surface area (Å²) in [6.07, 6.45) is 0. The maximum absolute atomic E-state index is 11.0. The lowest BCUT2D eigenvalue weighted by molar-refractivity contribution is -0.114. The van der Waals surface area contributed by atoms with Crippen LogP contribution in [0, 0.1) is 27.7 Å². The smallest absolute Gasteiger partial charge is 0.221 e. The number of aryl methyl sites for hydroxylation is 2. The number of hydrogen-bond donors (Lipinski definition) is 1. The van der Waals surface area contributed by atoms with E-state index in [0.717, 1.165) is 16.8 Å². The van der Waals surface area contributed by atoms with E-state index in [2.05, 4.69) is 25.2 Å². The second kappa shape index (κ2) is 3.82. The Morgan fingerprint density at radius 2 is 1.64 bits per heavy atom. The van der Waals surface area contributed by atoms with Gasteiger partial charge in [0.15, 0.2) is 0 Å². The first-order chi connectivity index (χ1) is 6.43. The fourth-order valence-electron chi connectivity index (χ4n) is 1.65. The fraction of sp³-hybridized carbons (Fsp3) is 0.417. The molecular formula is C12H17NO. The summed E-state index contributed by atoms with van der Waals surface area (Å²) in [4.78, 5) is 11.0. The van der Waals surface area contributed by atoms with E-state index in [1.807, 2.05) is 13.8 Å². The van der Waals surface area contributed by atoms with E-state index in [1.165, 1.54) is 18.1 Å². The van der Waals surface area contributed by atoms with Crippen LogP contribution in [0.25, 0.3) is 0 Å². The molecule has 1 amide bonds. The summed E-state index contributed by atoms with van der Waals surface area (Å²) >= 11 is 0. The zero-order valence-electron chi connectivity index (χ0n) is 9.49. The molecule has 1 rings (SSSR count). The number of carbonyl (C=O) groups is 1. The summed E-state index contributed by atoms with van der Waals surface area (Å²) in [5.74, 6) is -0.0144. The Balaban J connectivity index is 3.29. The van der Waals surface area contributed by atoms with Crippen molar-refractivity contribution < 1.29 is 4.79 Å². The average Bonchev–Trinajstić information content (AvgIpc) is 2.09. The van der Waals surface area contributed by atoms with Crippen LogP contribution in [0.15, 0.2) is 6.07 Å². The molecule has 0 saturated carbocycles. The Bertz CT molecular complexity index is 380. The Kier molecular flexibility index (Phi) is 2.94. The molecule has 0 heterocycles. The molecule has 0 bridgehead atoms. The molecule has 1 aromatic rings. The van der Waals surface area contributed by atoms with E-state index in [4.69, 9.17) is 0 Å². The van der Waals surface area contributed by atoms with Crippen molar-refractivity contribution in [1.82, 2.24) is 0 Å². The van der Waals surface area contributed by atoms with Gasteiger partial charge in [0.2, 0.25) is 5.91 Å². The number of carbonyl (C=O) groups excluding carboxylic acids is 1. The van der Waals surface area contributed by atoms with Crippen LogP contribution in [0.5, 0.6) is 0 Å². The third-order valence-corrected chi connectivity index (χ3v) is 2.66. The summed E-state index contributed by atoms with van der Waals surface area (Å²) in [5, 5.41) is 2.87. The Morgan fingerprint density at radius 3 is 2.14 bits per heavy atom. The molecule has 0 unspecified atom stereocenters. The van der Waals surface area contributed by atoms with E-state index in [0.29, 0.717) is 0 Å². The second-order valence-corrected chi connectivity index (χ2v) is 3.82. The van der Waals surface area contributed by atoms with E-state index >= 15 is 0 Å². The number of rotatable bonds is 1. The molecule has 0 saturated heterocycles. The molecule has 0 atom stereocenters. The second-order valence-electron chi connectivity index (χ2n) is 3.82.